The first-order valence-electron chi connectivity index (χ1n) is 8.33. The molecule has 3 rings (SSSR count). The second kappa shape index (κ2) is 7.74. The summed E-state index contributed by atoms with van der Waals surface area (Å²) >= 11 is 0. The van der Waals surface area contributed by atoms with Gasteiger partial charge in [0.2, 0.25) is 5.95 Å². The lowest BCUT2D eigenvalue weighted by Gasteiger charge is -2.13. The SMILES string of the molecule is CCc1cccc(C)c1NC(=O)c1ccnc(Nc2ccccc2F)n1. The van der Waals surface area contributed by atoms with Crippen LogP contribution < -0.4 is 10.6 Å². The normalized spacial score (nSPS) is 10.4. The average Bonchev–Trinajstić information content (AvgIpc) is 2.65. The lowest BCUT2D eigenvalue weighted by Crippen LogP contribution is -2.16. The van der Waals surface area contributed by atoms with E-state index in [-0.39, 0.29) is 23.2 Å². The number of halogens is 1. The van der Waals surface area contributed by atoms with Crippen LogP contribution in [0.5, 0.6) is 0 Å². The Morgan fingerprint density at radius 2 is 1.92 bits per heavy atom. The molecule has 2 N–H and O–H groups in total. The number of nitrogens with one attached hydrogen (secondary N) is 2. The third kappa shape index (κ3) is 3.85. The van der Waals surface area contributed by atoms with Crippen molar-refractivity contribution in [1.29, 1.82) is 0 Å². The molecule has 1 aromatic heterocycles. The molecule has 0 spiro atoms. The van der Waals surface area contributed by atoms with E-state index in [2.05, 4.69) is 20.6 Å². The summed E-state index contributed by atoms with van der Waals surface area (Å²) in [6.07, 6.45) is 2.27. The summed E-state index contributed by atoms with van der Waals surface area (Å²) in [6.45, 7) is 3.98. The topological polar surface area (TPSA) is 66.9 Å². The van der Waals surface area contributed by atoms with E-state index in [1.807, 2.05) is 32.0 Å². The predicted octanol–water partition coefficient (Wildman–Crippen LogP) is 4.48. The van der Waals surface area contributed by atoms with E-state index in [0.717, 1.165) is 23.2 Å². The zero-order valence-electron chi connectivity index (χ0n) is 14.6. The lowest BCUT2D eigenvalue weighted by molar-refractivity contribution is 0.102. The van der Waals surface area contributed by atoms with Gasteiger partial charge >= 0.3 is 0 Å². The van der Waals surface area contributed by atoms with Gasteiger partial charge in [-0.1, -0.05) is 37.3 Å². The van der Waals surface area contributed by atoms with Crippen molar-refractivity contribution < 1.29 is 9.18 Å². The number of aryl methyl sites for hydroxylation is 2. The highest BCUT2D eigenvalue weighted by Gasteiger charge is 2.13. The Kier molecular flexibility index (Phi) is 5.22. The molecule has 0 aliphatic rings. The van der Waals surface area contributed by atoms with Gasteiger partial charge in [0.15, 0.2) is 0 Å². The van der Waals surface area contributed by atoms with Crippen molar-refractivity contribution >= 4 is 23.2 Å². The number of hydrogen-bond acceptors (Lipinski definition) is 4. The minimum atomic E-state index is -0.418. The molecule has 0 bridgehead atoms. The van der Waals surface area contributed by atoms with Gasteiger partial charge in [0.25, 0.3) is 5.91 Å². The van der Waals surface area contributed by atoms with Crippen molar-refractivity contribution in [3.63, 3.8) is 0 Å². The van der Waals surface area contributed by atoms with Crippen LogP contribution in [-0.2, 0) is 6.42 Å². The number of carbonyl (C=O) groups excluding carboxylic acids is 1. The highest BCUT2D eigenvalue weighted by Crippen LogP contribution is 2.22. The number of anilines is 3. The summed E-state index contributed by atoms with van der Waals surface area (Å²) in [6, 6.07) is 13.6. The minimum Gasteiger partial charge on any atom is -0.322 e. The lowest BCUT2D eigenvalue weighted by atomic mass is 10.1. The van der Waals surface area contributed by atoms with Gasteiger partial charge in [0, 0.05) is 11.9 Å². The van der Waals surface area contributed by atoms with Crippen LogP contribution in [0.2, 0.25) is 0 Å². The number of carbonyl (C=O) groups is 1. The van der Waals surface area contributed by atoms with Crippen LogP contribution in [0, 0.1) is 12.7 Å². The van der Waals surface area contributed by atoms with Crippen molar-refractivity contribution in [3.05, 3.63) is 77.4 Å². The average molecular weight is 350 g/mol. The third-order valence-electron chi connectivity index (χ3n) is 3.99. The van der Waals surface area contributed by atoms with Gasteiger partial charge in [-0.15, -0.1) is 0 Å². The largest absolute Gasteiger partial charge is 0.322 e. The van der Waals surface area contributed by atoms with Gasteiger partial charge in [0.1, 0.15) is 11.5 Å². The molecule has 0 unspecified atom stereocenters. The first-order chi connectivity index (χ1) is 12.6. The van der Waals surface area contributed by atoms with Crippen LogP contribution in [0.1, 0.15) is 28.5 Å². The maximum atomic E-state index is 13.8. The van der Waals surface area contributed by atoms with Crippen molar-refractivity contribution in [3.8, 4) is 0 Å². The van der Waals surface area contributed by atoms with E-state index in [1.54, 1.807) is 18.2 Å². The van der Waals surface area contributed by atoms with Gasteiger partial charge in [0.05, 0.1) is 5.69 Å². The number of nitrogens with zero attached hydrogens (tertiary/aromatic N) is 2. The van der Waals surface area contributed by atoms with Crippen molar-refractivity contribution in [1.82, 2.24) is 9.97 Å². The van der Waals surface area contributed by atoms with Crippen LogP contribution in [0.4, 0.5) is 21.7 Å². The number of rotatable bonds is 5. The number of hydrogen-bond donors (Lipinski definition) is 2. The molecule has 1 amide bonds. The molecule has 0 aliphatic carbocycles. The second-order valence-electron chi connectivity index (χ2n) is 5.79. The van der Waals surface area contributed by atoms with Gasteiger partial charge in [-0.3, -0.25) is 4.79 Å². The zero-order chi connectivity index (χ0) is 18.5. The number of amides is 1. The van der Waals surface area contributed by atoms with E-state index in [1.165, 1.54) is 18.3 Å². The Balaban J connectivity index is 1.82. The van der Waals surface area contributed by atoms with Gasteiger partial charge < -0.3 is 10.6 Å². The predicted molar refractivity (Wildman–Crippen MR) is 100 cm³/mol. The Bertz CT molecular complexity index is 943. The molecule has 3 aromatic rings. The van der Waals surface area contributed by atoms with Gasteiger partial charge in [-0.2, -0.15) is 0 Å². The van der Waals surface area contributed by atoms with Crippen molar-refractivity contribution in [2.75, 3.05) is 10.6 Å². The van der Waals surface area contributed by atoms with Crippen LogP contribution in [-0.4, -0.2) is 15.9 Å². The van der Waals surface area contributed by atoms with Crippen LogP contribution >= 0.6 is 0 Å². The molecule has 0 atom stereocenters. The molecular formula is C20H19FN4O. The van der Waals surface area contributed by atoms with Gasteiger partial charge in [-0.05, 0) is 42.7 Å². The summed E-state index contributed by atoms with van der Waals surface area (Å²) in [4.78, 5) is 20.8. The zero-order valence-corrected chi connectivity index (χ0v) is 14.6. The van der Waals surface area contributed by atoms with Crippen LogP contribution in [0.15, 0.2) is 54.7 Å². The summed E-state index contributed by atoms with van der Waals surface area (Å²) in [5.41, 5.74) is 3.28. The molecular weight excluding hydrogens is 331 g/mol. The maximum absolute atomic E-state index is 13.8. The number of para-hydroxylation sites is 2. The molecule has 0 saturated carbocycles. The molecule has 0 fully saturated rings. The summed E-state index contributed by atoms with van der Waals surface area (Å²) < 4.78 is 13.8. The second-order valence-corrected chi connectivity index (χ2v) is 5.79. The van der Waals surface area contributed by atoms with Crippen LogP contribution in [0.3, 0.4) is 0 Å². The summed E-state index contributed by atoms with van der Waals surface area (Å²) in [5.74, 6) is -0.602. The third-order valence-corrected chi connectivity index (χ3v) is 3.99. The maximum Gasteiger partial charge on any atom is 0.274 e. The summed E-state index contributed by atoms with van der Waals surface area (Å²) in [7, 11) is 0. The molecule has 0 saturated heterocycles. The number of benzene rings is 2. The van der Waals surface area contributed by atoms with E-state index < -0.39 is 5.82 Å². The van der Waals surface area contributed by atoms with Gasteiger partial charge in [-0.25, -0.2) is 14.4 Å². The Labute approximate surface area is 151 Å². The first kappa shape index (κ1) is 17.5. The fraction of sp³-hybridized carbons (Fsp3) is 0.150. The molecule has 132 valence electrons. The van der Waals surface area contributed by atoms with E-state index in [9.17, 15) is 9.18 Å². The van der Waals surface area contributed by atoms with Crippen molar-refractivity contribution in [2.45, 2.75) is 20.3 Å². The van der Waals surface area contributed by atoms with Crippen LogP contribution in [0.25, 0.3) is 0 Å². The fourth-order valence-electron chi connectivity index (χ4n) is 2.61. The fourth-order valence-corrected chi connectivity index (χ4v) is 2.61. The highest BCUT2D eigenvalue weighted by atomic mass is 19.1. The molecule has 2 aromatic carbocycles. The quantitative estimate of drug-likeness (QED) is 0.712. The Hall–Kier alpha value is -3.28. The molecule has 5 nitrogen and oxygen atoms in total. The molecule has 6 heteroatoms. The van der Waals surface area contributed by atoms with E-state index in [0.29, 0.717) is 0 Å². The monoisotopic (exact) mass is 350 g/mol. The molecule has 0 radical (unpaired) electrons. The Morgan fingerprint density at radius 3 is 2.69 bits per heavy atom. The van der Waals surface area contributed by atoms with Crippen molar-refractivity contribution in [2.24, 2.45) is 0 Å². The smallest absolute Gasteiger partial charge is 0.274 e. The minimum absolute atomic E-state index is 0.156. The Morgan fingerprint density at radius 1 is 1.12 bits per heavy atom. The number of aromatic nitrogens is 2. The highest BCUT2D eigenvalue weighted by molar-refractivity contribution is 6.03. The molecule has 1 heterocycles. The van der Waals surface area contributed by atoms with E-state index >= 15 is 0 Å². The summed E-state index contributed by atoms with van der Waals surface area (Å²) in [5, 5.41) is 5.71. The molecule has 26 heavy (non-hydrogen) atoms. The standard InChI is InChI=1S/C20H19FN4O/c1-3-14-8-6-7-13(2)18(14)25-19(26)17-11-12-22-20(24-17)23-16-10-5-4-9-15(16)21/h4-12H,3H2,1-2H3,(H,25,26)(H,22,23,24). The van der Waals surface area contributed by atoms with E-state index in [4.69, 9.17) is 0 Å². The first-order valence-corrected chi connectivity index (χ1v) is 8.33. The molecule has 0 aliphatic heterocycles.